The molecule has 0 bridgehead atoms. The molecule has 1 aromatic rings. The molecule has 0 saturated heterocycles. The van der Waals surface area contributed by atoms with Crippen LogP contribution in [0.5, 0.6) is 5.75 Å². The monoisotopic (exact) mass is 219 g/mol. The number of rotatable bonds is 4. The van der Waals surface area contributed by atoms with Crippen LogP contribution in [-0.4, -0.2) is 17.2 Å². The smallest absolute Gasteiger partial charge is 0.345 e. The lowest BCUT2D eigenvalue weighted by Gasteiger charge is -2.18. The van der Waals surface area contributed by atoms with Crippen LogP contribution in [0.3, 0.4) is 0 Å². The average Bonchev–Trinajstić information content (AvgIpc) is 2.25. The van der Waals surface area contributed by atoms with Crippen molar-refractivity contribution in [3.8, 4) is 11.8 Å². The van der Waals surface area contributed by atoms with E-state index in [0.29, 0.717) is 11.3 Å². The van der Waals surface area contributed by atoms with Gasteiger partial charge in [-0.1, -0.05) is 19.9 Å². The Morgan fingerprint density at radius 1 is 1.50 bits per heavy atom. The van der Waals surface area contributed by atoms with Gasteiger partial charge < -0.3 is 9.84 Å². The highest BCUT2D eigenvalue weighted by atomic mass is 16.5. The summed E-state index contributed by atoms with van der Waals surface area (Å²) in [4.78, 5) is 10.9. The molecule has 0 spiro atoms. The van der Waals surface area contributed by atoms with Gasteiger partial charge in [-0.2, -0.15) is 5.26 Å². The molecule has 1 unspecified atom stereocenters. The minimum Gasteiger partial charge on any atom is -0.478 e. The molecule has 0 aliphatic rings. The third-order valence-corrected chi connectivity index (χ3v) is 2.08. The fourth-order valence-corrected chi connectivity index (χ4v) is 1.26. The number of hydrogen-bond acceptors (Lipinski definition) is 3. The van der Waals surface area contributed by atoms with Crippen molar-refractivity contribution in [2.24, 2.45) is 5.92 Å². The normalized spacial score (nSPS) is 11.9. The van der Waals surface area contributed by atoms with Crippen LogP contribution in [0.4, 0.5) is 0 Å². The molecule has 1 aromatic carbocycles. The Kier molecular flexibility index (Phi) is 3.90. The first-order valence-corrected chi connectivity index (χ1v) is 4.94. The molecule has 0 fully saturated rings. The van der Waals surface area contributed by atoms with E-state index in [2.05, 4.69) is 0 Å². The van der Waals surface area contributed by atoms with E-state index in [0.717, 1.165) is 0 Å². The van der Waals surface area contributed by atoms with Crippen molar-refractivity contribution in [3.05, 3.63) is 29.8 Å². The molecule has 0 amide bonds. The Labute approximate surface area is 94.1 Å². The van der Waals surface area contributed by atoms with E-state index in [1.165, 1.54) is 6.07 Å². The highest BCUT2D eigenvalue weighted by Gasteiger charge is 2.23. The van der Waals surface area contributed by atoms with Crippen molar-refractivity contribution in [2.75, 3.05) is 0 Å². The van der Waals surface area contributed by atoms with Crippen molar-refractivity contribution in [2.45, 2.75) is 20.0 Å². The van der Waals surface area contributed by atoms with E-state index in [9.17, 15) is 4.79 Å². The maximum atomic E-state index is 10.9. The summed E-state index contributed by atoms with van der Waals surface area (Å²) in [6.45, 7) is 3.54. The maximum Gasteiger partial charge on any atom is 0.345 e. The van der Waals surface area contributed by atoms with Crippen LogP contribution < -0.4 is 4.74 Å². The lowest BCUT2D eigenvalue weighted by Crippen LogP contribution is -2.32. The van der Waals surface area contributed by atoms with Gasteiger partial charge in [0.15, 0.2) is 6.10 Å². The summed E-state index contributed by atoms with van der Waals surface area (Å²) in [5.74, 6) is -0.735. The van der Waals surface area contributed by atoms with Gasteiger partial charge in [-0.15, -0.1) is 0 Å². The summed E-state index contributed by atoms with van der Waals surface area (Å²) in [5.41, 5.74) is 0.449. The van der Waals surface area contributed by atoms with Crippen molar-refractivity contribution >= 4 is 5.97 Å². The Bertz CT molecular complexity index is 421. The predicted molar refractivity (Wildman–Crippen MR) is 58.0 cm³/mol. The molecule has 0 aliphatic heterocycles. The Morgan fingerprint density at radius 2 is 2.19 bits per heavy atom. The van der Waals surface area contributed by atoms with Crippen molar-refractivity contribution in [3.63, 3.8) is 0 Å². The van der Waals surface area contributed by atoms with Crippen molar-refractivity contribution in [1.82, 2.24) is 0 Å². The molecular formula is C12H13NO3. The molecule has 0 aromatic heterocycles. The summed E-state index contributed by atoms with van der Waals surface area (Å²) < 4.78 is 5.33. The first-order chi connectivity index (χ1) is 7.54. The first kappa shape index (κ1) is 12.1. The molecule has 0 saturated carbocycles. The summed E-state index contributed by atoms with van der Waals surface area (Å²) >= 11 is 0. The fraction of sp³-hybridized carbons (Fsp3) is 0.333. The Morgan fingerprint density at radius 3 is 2.69 bits per heavy atom. The van der Waals surface area contributed by atoms with E-state index in [4.69, 9.17) is 15.1 Å². The second-order valence-electron chi connectivity index (χ2n) is 3.76. The molecular weight excluding hydrogens is 206 g/mol. The molecule has 1 atom stereocenters. The summed E-state index contributed by atoms with van der Waals surface area (Å²) in [7, 11) is 0. The zero-order valence-corrected chi connectivity index (χ0v) is 9.18. The number of carboxylic acids is 1. The number of ether oxygens (including phenoxy) is 1. The van der Waals surface area contributed by atoms with E-state index >= 15 is 0 Å². The number of nitrogens with zero attached hydrogens (tertiary/aromatic N) is 1. The average molecular weight is 219 g/mol. The highest BCUT2D eigenvalue weighted by Crippen LogP contribution is 2.17. The van der Waals surface area contributed by atoms with Gasteiger partial charge in [-0.3, -0.25) is 0 Å². The molecule has 84 valence electrons. The lowest BCUT2D eigenvalue weighted by molar-refractivity contribution is -0.147. The zero-order chi connectivity index (χ0) is 12.1. The summed E-state index contributed by atoms with van der Waals surface area (Å²) in [6, 6.07) is 8.43. The van der Waals surface area contributed by atoms with Gasteiger partial charge in [0.05, 0.1) is 11.6 Å². The van der Waals surface area contributed by atoms with Crippen molar-refractivity contribution < 1.29 is 14.6 Å². The van der Waals surface area contributed by atoms with Crippen LogP contribution in [-0.2, 0) is 4.79 Å². The quantitative estimate of drug-likeness (QED) is 0.841. The van der Waals surface area contributed by atoms with E-state index in [1.807, 2.05) is 6.07 Å². The second-order valence-corrected chi connectivity index (χ2v) is 3.76. The summed E-state index contributed by atoms with van der Waals surface area (Å²) in [6.07, 6.45) is -0.894. The zero-order valence-electron chi connectivity index (χ0n) is 9.18. The van der Waals surface area contributed by atoms with Gasteiger partial charge in [0.2, 0.25) is 0 Å². The molecule has 1 N–H and O–H groups in total. The van der Waals surface area contributed by atoms with Crippen LogP contribution in [0.2, 0.25) is 0 Å². The Balaban J connectivity index is 2.86. The Hall–Kier alpha value is -2.02. The van der Waals surface area contributed by atoms with Crippen LogP contribution >= 0.6 is 0 Å². The van der Waals surface area contributed by atoms with Gasteiger partial charge >= 0.3 is 5.97 Å². The van der Waals surface area contributed by atoms with Crippen LogP contribution in [0.1, 0.15) is 19.4 Å². The number of aliphatic carboxylic acids is 1. The third kappa shape index (κ3) is 2.99. The molecule has 4 heteroatoms. The molecule has 0 aliphatic carbocycles. The van der Waals surface area contributed by atoms with Gasteiger partial charge in [0.25, 0.3) is 0 Å². The maximum absolute atomic E-state index is 10.9. The van der Waals surface area contributed by atoms with Gasteiger partial charge in [-0.05, 0) is 18.2 Å². The minimum absolute atomic E-state index is 0.136. The highest BCUT2D eigenvalue weighted by molar-refractivity contribution is 5.73. The van der Waals surface area contributed by atoms with E-state index < -0.39 is 12.1 Å². The number of nitriles is 1. The predicted octanol–water partition coefficient (Wildman–Crippen LogP) is 2.05. The van der Waals surface area contributed by atoms with Gasteiger partial charge in [0.1, 0.15) is 5.75 Å². The molecule has 0 heterocycles. The molecule has 4 nitrogen and oxygen atoms in total. The molecule has 1 rings (SSSR count). The van der Waals surface area contributed by atoms with Crippen LogP contribution in [0.25, 0.3) is 0 Å². The summed E-state index contributed by atoms with van der Waals surface area (Å²) in [5, 5.41) is 17.6. The van der Waals surface area contributed by atoms with E-state index in [-0.39, 0.29) is 5.92 Å². The van der Waals surface area contributed by atoms with Gasteiger partial charge in [-0.25, -0.2) is 4.79 Å². The standard InChI is InChI=1S/C12H13NO3/c1-8(2)11(12(14)15)16-10-5-3-4-9(6-10)7-13/h3-6,8,11H,1-2H3,(H,14,15). The van der Waals surface area contributed by atoms with Crippen molar-refractivity contribution in [1.29, 1.82) is 5.26 Å². The topological polar surface area (TPSA) is 70.3 Å². The number of benzene rings is 1. The van der Waals surface area contributed by atoms with Crippen LogP contribution in [0.15, 0.2) is 24.3 Å². The number of hydrogen-bond donors (Lipinski definition) is 1. The minimum atomic E-state index is -1.00. The lowest BCUT2D eigenvalue weighted by atomic mass is 10.1. The number of carbonyl (C=O) groups is 1. The third-order valence-electron chi connectivity index (χ3n) is 2.08. The molecule has 0 radical (unpaired) electrons. The van der Waals surface area contributed by atoms with E-state index in [1.54, 1.807) is 32.0 Å². The fourth-order valence-electron chi connectivity index (χ4n) is 1.26. The molecule has 16 heavy (non-hydrogen) atoms. The largest absolute Gasteiger partial charge is 0.478 e. The SMILES string of the molecule is CC(C)C(Oc1cccc(C#N)c1)C(=O)O. The van der Waals surface area contributed by atoms with Gasteiger partial charge in [0, 0.05) is 5.92 Å². The van der Waals surface area contributed by atoms with Crippen LogP contribution in [0, 0.1) is 17.2 Å². The second kappa shape index (κ2) is 5.17. The first-order valence-electron chi connectivity index (χ1n) is 4.94. The number of carboxylic acid groups (broad SMARTS) is 1.